The molecule has 0 aliphatic rings. The van der Waals surface area contributed by atoms with Crippen LogP contribution in [0.3, 0.4) is 0 Å². The normalized spacial score (nSPS) is 12.8. The molecule has 0 saturated carbocycles. The van der Waals surface area contributed by atoms with Gasteiger partial charge in [0.05, 0.1) is 10.6 Å². The minimum atomic E-state index is 0.363. The third-order valence-electron chi connectivity index (χ3n) is 3.61. The third kappa shape index (κ3) is 4.61. The van der Waals surface area contributed by atoms with E-state index >= 15 is 0 Å². The van der Waals surface area contributed by atoms with Crippen LogP contribution in [-0.4, -0.2) is 16.1 Å². The Morgan fingerprint density at radius 1 is 1.19 bits per heavy atom. The Labute approximate surface area is 132 Å². The van der Waals surface area contributed by atoms with Crippen molar-refractivity contribution in [3.8, 4) is 0 Å². The Kier molecular flexibility index (Phi) is 6.33. The van der Waals surface area contributed by atoms with Crippen LogP contribution in [0.4, 0.5) is 0 Å². The molecule has 1 N–H and O–H groups in total. The lowest BCUT2D eigenvalue weighted by Crippen LogP contribution is -2.23. The van der Waals surface area contributed by atoms with E-state index in [4.69, 9.17) is 0 Å². The Hall–Kier alpha value is -1.26. The number of nitrogens with one attached hydrogen (secondary N) is 1. The number of benzene rings is 1. The second kappa shape index (κ2) is 8.25. The summed E-state index contributed by atoms with van der Waals surface area (Å²) < 4.78 is 4.18. The molecule has 0 amide bonds. The van der Waals surface area contributed by atoms with Gasteiger partial charge in [0.2, 0.25) is 0 Å². The molecule has 1 aromatic heterocycles. The fraction of sp³-hybridized carbons (Fsp3) is 0.529. The lowest BCUT2D eigenvalue weighted by atomic mass is 10.00. The van der Waals surface area contributed by atoms with Gasteiger partial charge in [0, 0.05) is 6.04 Å². The molecule has 0 saturated heterocycles. The maximum atomic E-state index is 4.33. The van der Waals surface area contributed by atoms with Crippen LogP contribution in [0.15, 0.2) is 30.3 Å². The molecule has 0 spiro atoms. The number of nitrogens with zero attached hydrogens (tertiary/aromatic N) is 2. The highest BCUT2D eigenvalue weighted by atomic mass is 32.1. The second-order valence-electron chi connectivity index (χ2n) is 5.71. The maximum Gasteiger partial charge on any atom is 0.0829 e. The molecule has 1 heterocycles. The Bertz CT molecular complexity index is 522. The lowest BCUT2D eigenvalue weighted by Gasteiger charge is -2.18. The van der Waals surface area contributed by atoms with Gasteiger partial charge in [-0.3, -0.25) is 0 Å². The Morgan fingerprint density at radius 3 is 2.62 bits per heavy atom. The fourth-order valence-corrected chi connectivity index (χ4v) is 3.36. The second-order valence-corrected chi connectivity index (χ2v) is 6.49. The van der Waals surface area contributed by atoms with Crippen molar-refractivity contribution in [1.82, 2.24) is 14.9 Å². The average Bonchev–Trinajstić information content (AvgIpc) is 2.98. The van der Waals surface area contributed by atoms with Crippen molar-refractivity contribution in [1.29, 1.82) is 0 Å². The predicted octanol–water partition coefficient (Wildman–Crippen LogP) is 4.34. The van der Waals surface area contributed by atoms with Gasteiger partial charge in [-0.1, -0.05) is 55.6 Å². The van der Waals surface area contributed by atoms with E-state index in [1.807, 2.05) is 0 Å². The lowest BCUT2D eigenvalue weighted by molar-refractivity contribution is 0.500. The number of hydrogen-bond donors (Lipinski definition) is 1. The van der Waals surface area contributed by atoms with Crippen LogP contribution in [0.25, 0.3) is 0 Å². The van der Waals surface area contributed by atoms with Crippen molar-refractivity contribution in [3.63, 3.8) is 0 Å². The SMILES string of the molecule is CCCNC(CCc1ccccc1)c1snnc1C(C)C. The van der Waals surface area contributed by atoms with Crippen molar-refractivity contribution in [2.45, 2.75) is 52.0 Å². The van der Waals surface area contributed by atoms with Gasteiger partial charge in [0.1, 0.15) is 0 Å². The molecule has 4 heteroatoms. The zero-order chi connectivity index (χ0) is 15.1. The molecule has 114 valence electrons. The van der Waals surface area contributed by atoms with E-state index in [0.717, 1.165) is 31.5 Å². The monoisotopic (exact) mass is 303 g/mol. The van der Waals surface area contributed by atoms with Gasteiger partial charge in [0.15, 0.2) is 0 Å². The van der Waals surface area contributed by atoms with E-state index in [9.17, 15) is 0 Å². The topological polar surface area (TPSA) is 37.8 Å². The van der Waals surface area contributed by atoms with Gasteiger partial charge in [0.25, 0.3) is 0 Å². The van der Waals surface area contributed by atoms with Crippen LogP contribution in [0, 0.1) is 0 Å². The molecule has 0 bridgehead atoms. The Balaban J connectivity index is 2.08. The molecule has 2 aromatic rings. The zero-order valence-corrected chi connectivity index (χ0v) is 14.0. The molecular formula is C17H25N3S. The molecule has 1 atom stereocenters. The van der Waals surface area contributed by atoms with Crippen LogP contribution < -0.4 is 5.32 Å². The van der Waals surface area contributed by atoms with E-state index < -0.39 is 0 Å². The van der Waals surface area contributed by atoms with E-state index in [1.54, 1.807) is 11.5 Å². The highest BCUT2D eigenvalue weighted by molar-refractivity contribution is 7.05. The van der Waals surface area contributed by atoms with Gasteiger partial charge in [-0.05, 0) is 48.8 Å². The summed E-state index contributed by atoms with van der Waals surface area (Å²) in [7, 11) is 0. The zero-order valence-electron chi connectivity index (χ0n) is 13.2. The maximum absolute atomic E-state index is 4.33. The summed E-state index contributed by atoms with van der Waals surface area (Å²) in [6.45, 7) is 7.62. The fourth-order valence-electron chi connectivity index (χ4n) is 2.45. The smallest absolute Gasteiger partial charge is 0.0829 e. The van der Waals surface area contributed by atoms with E-state index in [-0.39, 0.29) is 0 Å². The standard InChI is InChI=1S/C17H25N3S/c1-4-12-18-15(11-10-14-8-6-5-7-9-14)17-16(13(2)3)19-20-21-17/h5-9,13,15,18H,4,10-12H2,1-3H3. The van der Waals surface area contributed by atoms with Gasteiger partial charge in [-0.15, -0.1) is 5.10 Å². The third-order valence-corrected chi connectivity index (χ3v) is 4.46. The summed E-state index contributed by atoms with van der Waals surface area (Å²) in [5, 5.41) is 8.00. The molecule has 3 nitrogen and oxygen atoms in total. The Morgan fingerprint density at radius 2 is 1.95 bits per heavy atom. The quantitative estimate of drug-likeness (QED) is 0.788. The first-order chi connectivity index (χ1) is 10.2. The van der Waals surface area contributed by atoms with Crippen molar-refractivity contribution in [2.24, 2.45) is 0 Å². The first-order valence-corrected chi connectivity index (χ1v) is 8.59. The van der Waals surface area contributed by atoms with Crippen LogP contribution in [-0.2, 0) is 6.42 Å². The van der Waals surface area contributed by atoms with Crippen molar-refractivity contribution in [3.05, 3.63) is 46.5 Å². The van der Waals surface area contributed by atoms with E-state index in [2.05, 4.69) is 66.0 Å². The van der Waals surface area contributed by atoms with Gasteiger partial charge >= 0.3 is 0 Å². The first kappa shape index (κ1) is 16.1. The molecule has 0 aliphatic carbocycles. The number of aromatic nitrogens is 2. The van der Waals surface area contributed by atoms with E-state index in [1.165, 1.54) is 10.4 Å². The molecule has 21 heavy (non-hydrogen) atoms. The molecule has 1 aromatic carbocycles. The van der Waals surface area contributed by atoms with Crippen molar-refractivity contribution < 1.29 is 0 Å². The molecule has 0 radical (unpaired) electrons. The number of aryl methyl sites for hydroxylation is 1. The largest absolute Gasteiger partial charge is 0.309 e. The summed E-state index contributed by atoms with van der Waals surface area (Å²) >= 11 is 1.55. The molecular weight excluding hydrogens is 278 g/mol. The van der Waals surface area contributed by atoms with Crippen molar-refractivity contribution in [2.75, 3.05) is 6.54 Å². The van der Waals surface area contributed by atoms with Crippen LogP contribution in [0.2, 0.25) is 0 Å². The molecule has 1 unspecified atom stereocenters. The molecule has 0 aliphatic heterocycles. The van der Waals surface area contributed by atoms with E-state index in [0.29, 0.717) is 12.0 Å². The van der Waals surface area contributed by atoms with Gasteiger partial charge in [-0.2, -0.15) is 0 Å². The summed E-state index contributed by atoms with van der Waals surface area (Å²) in [4.78, 5) is 1.31. The van der Waals surface area contributed by atoms with Crippen LogP contribution >= 0.6 is 11.5 Å². The summed E-state index contributed by atoms with van der Waals surface area (Å²) in [5.74, 6) is 0.432. The highest BCUT2D eigenvalue weighted by Gasteiger charge is 2.20. The molecule has 2 rings (SSSR count). The average molecular weight is 303 g/mol. The van der Waals surface area contributed by atoms with Crippen LogP contribution in [0.5, 0.6) is 0 Å². The molecule has 0 fully saturated rings. The highest BCUT2D eigenvalue weighted by Crippen LogP contribution is 2.29. The summed E-state index contributed by atoms with van der Waals surface area (Å²) in [6, 6.07) is 11.0. The van der Waals surface area contributed by atoms with Crippen molar-refractivity contribution >= 4 is 11.5 Å². The summed E-state index contributed by atoms with van der Waals surface area (Å²) in [5.41, 5.74) is 2.55. The number of rotatable bonds is 8. The van der Waals surface area contributed by atoms with Crippen LogP contribution in [0.1, 0.15) is 61.7 Å². The summed E-state index contributed by atoms with van der Waals surface area (Å²) in [6.07, 6.45) is 3.32. The minimum Gasteiger partial charge on any atom is -0.309 e. The number of hydrogen-bond acceptors (Lipinski definition) is 4. The minimum absolute atomic E-state index is 0.363. The van der Waals surface area contributed by atoms with Gasteiger partial charge < -0.3 is 5.32 Å². The van der Waals surface area contributed by atoms with Gasteiger partial charge in [-0.25, -0.2) is 0 Å². The predicted molar refractivity (Wildman–Crippen MR) is 89.8 cm³/mol. The first-order valence-electron chi connectivity index (χ1n) is 7.81.